The van der Waals surface area contributed by atoms with Crippen LogP contribution < -0.4 is 5.73 Å². The minimum Gasteiger partial charge on any atom is -0.396 e. The van der Waals surface area contributed by atoms with Crippen LogP contribution >= 0.6 is 0 Å². The number of rotatable bonds is 1. The predicted octanol–water partition coefficient (Wildman–Crippen LogP) is 2.89. The Balaban J connectivity index is 2.45. The molecule has 17 heavy (non-hydrogen) atoms. The molecule has 0 bridgehead atoms. The zero-order chi connectivity index (χ0) is 12.6. The van der Waals surface area contributed by atoms with Crippen LogP contribution in [0.2, 0.25) is 0 Å². The second kappa shape index (κ2) is 3.87. The lowest BCUT2D eigenvalue weighted by Crippen LogP contribution is -2.14. The fraction of sp³-hybridized carbons (Fsp3) is 0.308. The Morgan fingerprint density at radius 1 is 1.18 bits per heavy atom. The number of hydrogen-bond acceptors (Lipinski definition) is 2. The molecule has 0 aliphatic heterocycles. The molecule has 0 saturated heterocycles. The van der Waals surface area contributed by atoms with Crippen molar-refractivity contribution in [1.82, 2.24) is 9.78 Å². The summed E-state index contributed by atoms with van der Waals surface area (Å²) < 4.78 is 14.5. The van der Waals surface area contributed by atoms with Crippen LogP contribution in [-0.4, -0.2) is 9.78 Å². The van der Waals surface area contributed by atoms with E-state index in [1.165, 1.54) is 12.1 Å². The maximum atomic E-state index is 12.8. The number of hydrogen-bond donors (Lipinski definition) is 1. The normalized spacial score (nSPS) is 11.8. The van der Waals surface area contributed by atoms with Gasteiger partial charge in [-0.05, 0) is 24.3 Å². The van der Waals surface area contributed by atoms with Crippen LogP contribution in [0.15, 0.2) is 30.5 Å². The molecule has 0 radical (unpaired) electrons. The predicted molar refractivity (Wildman–Crippen MR) is 66.6 cm³/mol. The highest BCUT2D eigenvalue weighted by atomic mass is 19.1. The minimum absolute atomic E-state index is 0.102. The molecule has 2 N–H and O–H groups in total. The zero-order valence-corrected chi connectivity index (χ0v) is 10.2. The summed E-state index contributed by atoms with van der Waals surface area (Å²) in [4.78, 5) is 0. The Morgan fingerprint density at radius 2 is 1.76 bits per heavy atom. The van der Waals surface area contributed by atoms with Crippen molar-refractivity contribution in [2.24, 2.45) is 0 Å². The summed E-state index contributed by atoms with van der Waals surface area (Å²) in [6.45, 7) is 6.17. The van der Waals surface area contributed by atoms with Crippen molar-refractivity contribution in [3.8, 4) is 5.69 Å². The standard InChI is InChI=1S/C13H16FN3/c1-13(2,3)12-11(15)8-17(16-12)10-6-4-9(14)5-7-10/h4-8H,15H2,1-3H3. The Labute approximate surface area is 100 Å². The molecule has 4 heteroatoms. The van der Waals surface area contributed by atoms with E-state index in [2.05, 4.69) is 25.9 Å². The number of benzene rings is 1. The summed E-state index contributed by atoms with van der Waals surface area (Å²) in [6.07, 6.45) is 1.76. The Hall–Kier alpha value is -1.84. The first-order valence-electron chi connectivity index (χ1n) is 5.49. The summed E-state index contributed by atoms with van der Waals surface area (Å²) in [5, 5.41) is 4.45. The third-order valence-corrected chi connectivity index (χ3v) is 2.54. The van der Waals surface area contributed by atoms with Crippen LogP contribution in [-0.2, 0) is 5.41 Å². The lowest BCUT2D eigenvalue weighted by Gasteiger charge is -2.15. The van der Waals surface area contributed by atoms with Gasteiger partial charge in [0.2, 0.25) is 0 Å². The summed E-state index contributed by atoms with van der Waals surface area (Å²) >= 11 is 0. The summed E-state index contributed by atoms with van der Waals surface area (Å²) in [6, 6.07) is 6.16. The van der Waals surface area contributed by atoms with Gasteiger partial charge < -0.3 is 5.73 Å². The first-order valence-corrected chi connectivity index (χ1v) is 5.49. The van der Waals surface area contributed by atoms with Gasteiger partial charge in [-0.25, -0.2) is 9.07 Å². The molecule has 1 heterocycles. The van der Waals surface area contributed by atoms with Crippen LogP contribution in [0.5, 0.6) is 0 Å². The van der Waals surface area contributed by atoms with Crippen LogP contribution in [0.4, 0.5) is 10.1 Å². The van der Waals surface area contributed by atoms with Crippen molar-refractivity contribution >= 4 is 5.69 Å². The monoisotopic (exact) mass is 233 g/mol. The molecule has 0 fully saturated rings. The fourth-order valence-corrected chi connectivity index (χ4v) is 1.70. The maximum Gasteiger partial charge on any atom is 0.123 e. The lowest BCUT2D eigenvalue weighted by atomic mass is 9.92. The molecular weight excluding hydrogens is 217 g/mol. The van der Waals surface area contributed by atoms with Gasteiger partial charge in [-0.15, -0.1) is 0 Å². The quantitative estimate of drug-likeness (QED) is 0.823. The topological polar surface area (TPSA) is 43.8 Å². The van der Waals surface area contributed by atoms with E-state index >= 15 is 0 Å². The average Bonchev–Trinajstić information content (AvgIpc) is 2.61. The molecule has 1 aromatic heterocycles. The molecule has 2 rings (SSSR count). The second-order valence-corrected chi connectivity index (χ2v) is 5.10. The SMILES string of the molecule is CC(C)(C)c1nn(-c2ccc(F)cc2)cc1N. The molecule has 2 aromatic rings. The second-order valence-electron chi connectivity index (χ2n) is 5.10. The van der Waals surface area contributed by atoms with Crippen LogP contribution in [0.25, 0.3) is 5.69 Å². The average molecular weight is 233 g/mol. The number of anilines is 1. The van der Waals surface area contributed by atoms with E-state index in [1.807, 2.05) is 0 Å². The number of nitrogen functional groups attached to an aromatic ring is 1. The van der Waals surface area contributed by atoms with E-state index in [4.69, 9.17) is 5.73 Å². The highest BCUT2D eigenvalue weighted by Crippen LogP contribution is 2.26. The fourth-order valence-electron chi connectivity index (χ4n) is 1.70. The molecule has 0 saturated carbocycles. The lowest BCUT2D eigenvalue weighted by molar-refractivity contribution is 0.562. The Bertz CT molecular complexity index is 521. The van der Waals surface area contributed by atoms with E-state index in [0.29, 0.717) is 5.69 Å². The molecule has 90 valence electrons. The van der Waals surface area contributed by atoms with Gasteiger partial charge in [0.25, 0.3) is 0 Å². The van der Waals surface area contributed by atoms with E-state index < -0.39 is 0 Å². The van der Waals surface area contributed by atoms with Crippen molar-refractivity contribution < 1.29 is 4.39 Å². The summed E-state index contributed by atoms with van der Waals surface area (Å²) in [7, 11) is 0. The Kier molecular flexibility index (Phi) is 2.65. The molecule has 3 nitrogen and oxygen atoms in total. The zero-order valence-electron chi connectivity index (χ0n) is 10.2. The van der Waals surface area contributed by atoms with E-state index in [9.17, 15) is 4.39 Å². The summed E-state index contributed by atoms with van der Waals surface area (Å²) in [5.74, 6) is -0.259. The van der Waals surface area contributed by atoms with E-state index in [1.54, 1.807) is 23.0 Å². The van der Waals surface area contributed by atoms with Gasteiger partial charge in [-0.1, -0.05) is 20.8 Å². The van der Waals surface area contributed by atoms with Gasteiger partial charge >= 0.3 is 0 Å². The summed E-state index contributed by atoms with van der Waals surface area (Å²) in [5.41, 5.74) is 8.14. The van der Waals surface area contributed by atoms with Gasteiger partial charge in [0, 0.05) is 5.41 Å². The van der Waals surface area contributed by atoms with Crippen molar-refractivity contribution in [2.45, 2.75) is 26.2 Å². The van der Waals surface area contributed by atoms with Gasteiger partial charge in [-0.3, -0.25) is 0 Å². The Morgan fingerprint density at radius 3 is 2.24 bits per heavy atom. The minimum atomic E-state index is -0.259. The molecule has 0 amide bonds. The number of nitrogens with zero attached hydrogens (tertiary/aromatic N) is 2. The largest absolute Gasteiger partial charge is 0.396 e. The maximum absolute atomic E-state index is 12.8. The molecule has 1 aromatic carbocycles. The van der Waals surface area contributed by atoms with Crippen LogP contribution in [0, 0.1) is 5.82 Å². The smallest absolute Gasteiger partial charge is 0.123 e. The van der Waals surface area contributed by atoms with Crippen molar-refractivity contribution in [1.29, 1.82) is 0 Å². The molecule has 0 unspecified atom stereocenters. The molecule has 0 spiro atoms. The van der Waals surface area contributed by atoms with Gasteiger partial charge in [-0.2, -0.15) is 5.10 Å². The van der Waals surface area contributed by atoms with Crippen molar-refractivity contribution in [3.05, 3.63) is 42.0 Å². The number of halogens is 1. The third kappa shape index (κ3) is 2.30. The van der Waals surface area contributed by atoms with E-state index in [0.717, 1.165) is 11.4 Å². The highest BCUT2D eigenvalue weighted by Gasteiger charge is 2.21. The van der Waals surface area contributed by atoms with Crippen molar-refractivity contribution in [2.75, 3.05) is 5.73 Å². The molecule has 0 atom stereocenters. The number of aromatic nitrogens is 2. The number of nitrogens with two attached hydrogens (primary N) is 1. The molecule has 0 aliphatic rings. The molecule has 0 aliphatic carbocycles. The first-order chi connectivity index (χ1) is 7.88. The van der Waals surface area contributed by atoms with Crippen LogP contribution in [0.3, 0.4) is 0 Å². The van der Waals surface area contributed by atoms with Gasteiger partial charge in [0.1, 0.15) is 5.82 Å². The highest BCUT2D eigenvalue weighted by molar-refractivity contribution is 5.47. The van der Waals surface area contributed by atoms with Gasteiger partial charge in [0.15, 0.2) is 0 Å². The van der Waals surface area contributed by atoms with Gasteiger partial charge in [0.05, 0.1) is 23.3 Å². The third-order valence-electron chi connectivity index (χ3n) is 2.54. The van der Waals surface area contributed by atoms with Crippen LogP contribution in [0.1, 0.15) is 26.5 Å². The molecular formula is C13H16FN3. The van der Waals surface area contributed by atoms with Crippen molar-refractivity contribution in [3.63, 3.8) is 0 Å². The van der Waals surface area contributed by atoms with E-state index in [-0.39, 0.29) is 11.2 Å². The first kappa shape index (κ1) is 11.6.